The Hall–Kier alpha value is -5.68. The van der Waals surface area contributed by atoms with Gasteiger partial charge in [0.1, 0.15) is 23.9 Å². The Morgan fingerprint density at radius 3 is 2.19 bits per heavy atom. The molecule has 0 unspecified atom stereocenters. The number of methoxy groups -OCH3 is 1. The minimum absolute atomic E-state index is 0.000304. The minimum atomic E-state index is -5.28. The van der Waals surface area contributed by atoms with Crippen LogP contribution in [0.1, 0.15) is 69.7 Å². The summed E-state index contributed by atoms with van der Waals surface area (Å²) in [7, 11) is 2.17. The van der Waals surface area contributed by atoms with Gasteiger partial charge in [0.25, 0.3) is 5.60 Å². The molecular weight excluding hydrogens is 889 g/mol. The van der Waals surface area contributed by atoms with Crippen molar-refractivity contribution in [3.05, 3.63) is 112 Å². The SMILES string of the molecule is C=C1C[C@H](C)C(=O)N[C@@H](C)C(=O)N(C)[C@H](Cc2c(Br)[nH]c3ccccc23)C(=O)N[C@@H](c2ccc(O)cc2)CC(=O)O[C@@H](C)C[C@@H](C)[C@H]1OC(=O)[C@](OC)(c1ccccc1)C(F)(F)F. The summed E-state index contributed by atoms with van der Waals surface area (Å²) in [6.45, 7) is 10.2. The Morgan fingerprint density at radius 1 is 0.921 bits per heavy atom. The average Bonchev–Trinajstić information content (AvgIpc) is 3.54. The van der Waals surface area contributed by atoms with Crippen LogP contribution in [0.5, 0.6) is 5.75 Å². The molecule has 3 amide bonds. The number of ether oxygens (including phenoxy) is 3. The number of hydrogen-bond donors (Lipinski definition) is 4. The smallest absolute Gasteiger partial charge is 0.432 e. The molecule has 338 valence electrons. The van der Waals surface area contributed by atoms with Gasteiger partial charge in [-0.05, 0) is 77.5 Å². The van der Waals surface area contributed by atoms with Crippen LogP contribution in [0.4, 0.5) is 13.2 Å². The number of para-hydroxylation sites is 1. The first kappa shape index (κ1) is 48.4. The number of aromatic amines is 1. The predicted molar refractivity (Wildman–Crippen MR) is 231 cm³/mol. The number of alkyl halides is 3. The quantitative estimate of drug-likeness (QED) is 0.109. The van der Waals surface area contributed by atoms with Gasteiger partial charge in [-0.15, -0.1) is 0 Å². The summed E-state index contributed by atoms with van der Waals surface area (Å²) in [5, 5.41) is 16.4. The number of aromatic hydroxyl groups is 1. The Labute approximate surface area is 371 Å². The molecule has 1 aromatic heterocycles. The molecule has 8 atom stereocenters. The average molecular weight is 942 g/mol. The van der Waals surface area contributed by atoms with E-state index in [4.69, 9.17) is 14.2 Å². The first-order chi connectivity index (χ1) is 29.7. The molecule has 0 bridgehead atoms. The number of carbonyl (C=O) groups is 5. The molecule has 1 saturated heterocycles. The lowest BCUT2D eigenvalue weighted by Gasteiger charge is -2.36. The summed E-state index contributed by atoms with van der Waals surface area (Å²) in [4.78, 5) is 74.5. The molecule has 1 aliphatic rings. The fourth-order valence-corrected chi connectivity index (χ4v) is 8.58. The van der Waals surface area contributed by atoms with Crippen LogP contribution in [-0.2, 0) is 50.2 Å². The van der Waals surface area contributed by atoms with E-state index in [1.807, 2.05) is 24.3 Å². The van der Waals surface area contributed by atoms with E-state index >= 15 is 0 Å². The van der Waals surface area contributed by atoms with Crippen LogP contribution in [0.2, 0.25) is 0 Å². The van der Waals surface area contributed by atoms with E-state index in [1.165, 1.54) is 68.3 Å². The summed E-state index contributed by atoms with van der Waals surface area (Å²) in [6, 6.07) is 16.1. The number of phenolic OH excluding ortho intramolecular Hbond substituents is 1. The number of carbonyl (C=O) groups excluding carboxylic acids is 5. The van der Waals surface area contributed by atoms with Gasteiger partial charge in [0.2, 0.25) is 17.7 Å². The van der Waals surface area contributed by atoms with Crippen molar-refractivity contribution in [2.75, 3.05) is 14.2 Å². The van der Waals surface area contributed by atoms with Crippen LogP contribution >= 0.6 is 15.9 Å². The van der Waals surface area contributed by atoms with Gasteiger partial charge in [-0.25, -0.2) is 4.79 Å². The zero-order valence-corrected chi connectivity index (χ0v) is 37.3. The van der Waals surface area contributed by atoms with Crippen molar-refractivity contribution in [2.24, 2.45) is 11.8 Å². The van der Waals surface area contributed by atoms with E-state index in [0.717, 1.165) is 30.1 Å². The maximum atomic E-state index is 14.9. The number of nitrogens with one attached hydrogen (secondary N) is 3. The molecule has 0 saturated carbocycles. The molecule has 4 aromatic rings. The highest BCUT2D eigenvalue weighted by atomic mass is 79.9. The second-order valence-electron chi connectivity index (χ2n) is 16.1. The Bertz CT molecular complexity index is 2310. The van der Waals surface area contributed by atoms with Crippen LogP contribution in [-0.4, -0.2) is 89.3 Å². The van der Waals surface area contributed by atoms with Crippen LogP contribution in [0, 0.1) is 11.8 Å². The molecule has 2 heterocycles. The number of phenols is 1. The van der Waals surface area contributed by atoms with Crippen molar-refractivity contribution >= 4 is 56.5 Å². The summed E-state index contributed by atoms with van der Waals surface area (Å²) in [5.41, 5.74) is -2.08. The van der Waals surface area contributed by atoms with Crippen molar-refractivity contribution in [2.45, 2.75) is 95.5 Å². The van der Waals surface area contributed by atoms with Gasteiger partial charge < -0.3 is 39.8 Å². The number of fused-ring (bicyclic) bond motifs is 1. The van der Waals surface area contributed by atoms with Crippen LogP contribution in [0.25, 0.3) is 10.9 Å². The molecule has 1 aliphatic heterocycles. The summed E-state index contributed by atoms with van der Waals surface area (Å²) in [6.07, 6.45) is -8.29. The molecule has 13 nitrogen and oxygen atoms in total. The van der Waals surface area contributed by atoms with Crippen molar-refractivity contribution < 1.29 is 56.5 Å². The molecule has 5 rings (SSSR count). The number of nitrogens with zero attached hydrogens (tertiary/aromatic N) is 1. The Balaban J connectivity index is 1.53. The van der Waals surface area contributed by atoms with Gasteiger partial charge in [0.15, 0.2) is 0 Å². The van der Waals surface area contributed by atoms with E-state index < -0.39 is 95.6 Å². The molecule has 17 heteroatoms. The normalized spacial score (nSPS) is 24.9. The minimum Gasteiger partial charge on any atom is -0.508 e. The summed E-state index contributed by atoms with van der Waals surface area (Å²) < 4.78 is 61.9. The fraction of sp³-hybridized carbons (Fsp3) is 0.413. The number of cyclic esters (lactones) is 1. The van der Waals surface area contributed by atoms with Crippen LogP contribution in [0.15, 0.2) is 95.6 Å². The summed E-state index contributed by atoms with van der Waals surface area (Å²) >= 11 is 3.56. The van der Waals surface area contributed by atoms with Gasteiger partial charge in [-0.3, -0.25) is 19.2 Å². The molecule has 63 heavy (non-hydrogen) atoms. The number of hydrogen-bond acceptors (Lipinski definition) is 9. The van der Waals surface area contributed by atoms with Crippen molar-refractivity contribution in [1.29, 1.82) is 0 Å². The molecule has 0 aliphatic carbocycles. The molecular formula is C46H52BrF3N4O9. The van der Waals surface area contributed by atoms with Crippen LogP contribution in [0.3, 0.4) is 0 Å². The number of aromatic nitrogens is 1. The first-order valence-electron chi connectivity index (χ1n) is 20.3. The van der Waals surface area contributed by atoms with Crippen LogP contribution < -0.4 is 10.6 Å². The second-order valence-corrected chi connectivity index (χ2v) is 16.9. The van der Waals surface area contributed by atoms with Gasteiger partial charge in [-0.2, -0.15) is 13.2 Å². The number of rotatable bonds is 7. The van der Waals surface area contributed by atoms with E-state index in [1.54, 1.807) is 13.8 Å². The third-order valence-corrected chi connectivity index (χ3v) is 12.0. The van der Waals surface area contributed by atoms with E-state index in [9.17, 15) is 42.3 Å². The standard InChI is InChI=1S/C46H52BrF3N4O9/c1-25-21-27(3)41(57)51-29(5)43(59)54(6)37(23-34-33-15-11-12-16-35(33)52-40(34)47)42(58)53-36(30-17-19-32(55)20-18-30)24-38(56)62-28(4)22-26(2)39(25)63-44(60)45(61-7,46(48,49)50)31-13-9-8-10-14-31/h8-20,26-29,36-37,39,52,55H,1,21-24H2,2-7H3,(H,51,57)(H,53,58)/t26-,27+,28+,29+,36-,37-,39+,45-/m1/s1. The van der Waals surface area contributed by atoms with Gasteiger partial charge in [-0.1, -0.05) is 81.1 Å². The maximum absolute atomic E-state index is 14.9. The third kappa shape index (κ3) is 10.9. The lowest BCUT2D eigenvalue weighted by atomic mass is 9.87. The van der Waals surface area contributed by atoms with Gasteiger partial charge in [0.05, 0.1) is 23.2 Å². The highest BCUT2D eigenvalue weighted by molar-refractivity contribution is 9.10. The van der Waals surface area contributed by atoms with E-state index in [-0.39, 0.29) is 30.6 Å². The molecule has 3 aromatic carbocycles. The molecule has 0 radical (unpaired) electrons. The fourth-order valence-electron chi connectivity index (χ4n) is 7.99. The second kappa shape index (κ2) is 20.2. The summed E-state index contributed by atoms with van der Waals surface area (Å²) in [5.74, 6) is -6.29. The molecule has 1 fully saturated rings. The lowest BCUT2D eigenvalue weighted by Crippen LogP contribution is -2.55. The number of likely N-dealkylation sites (N-methyl/N-ethyl adjacent to an activating group) is 1. The predicted octanol–water partition coefficient (Wildman–Crippen LogP) is 7.33. The number of esters is 2. The first-order valence-corrected chi connectivity index (χ1v) is 21.1. The Morgan fingerprint density at radius 2 is 1.56 bits per heavy atom. The highest BCUT2D eigenvalue weighted by Crippen LogP contribution is 2.44. The third-order valence-electron chi connectivity index (χ3n) is 11.4. The Kier molecular flexibility index (Phi) is 15.5. The van der Waals surface area contributed by atoms with Crippen molar-refractivity contribution in [3.8, 4) is 5.75 Å². The zero-order chi connectivity index (χ0) is 46.4. The number of amides is 3. The topological polar surface area (TPSA) is 176 Å². The van der Waals surface area contributed by atoms with Gasteiger partial charge in [0, 0.05) is 48.9 Å². The van der Waals surface area contributed by atoms with Gasteiger partial charge >= 0.3 is 18.1 Å². The van der Waals surface area contributed by atoms with E-state index in [2.05, 4.69) is 38.1 Å². The van der Waals surface area contributed by atoms with Crippen molar-refractivity contribution in [1.82, 2.24) is 20.5 Å². The number of halogens is 4. The van der Waals surface area contributed by atoms with Crippen molar-refractivity contribution in [3.63, 3.8) is 0 Å². The lowest BCUT2D eigenvalue weighted by molar-refractivity contribution is -0.278. The highest BCUT2D eigenvalue weighted by Gasteiger charge is 2.64. The molecule has 0 spiro atoms. The molecule has 4 N–H and O–H groups in total. The maximum Gasteiger partial charge on any atom is 0.432 e. The number of H-pyrrole nitrogens is 1. The van der Waals surface area contributed by atoms with E-state index in [0.29, 0.717) is 15.7 Å². The monoisotopic (exact) mass is 940 g/mol. The zero-order valence-electron chi connectivity index (χ0n) is 35.8. The largest absolute Gasteiger partial charge is 0.508 e. The number of benzene rings is 3.